The van der Waals surface area contributed by atoms with E-state index in [1.165, 1.54) is 11.1 Å². The minimum Gasteiger partial charge on any atom is -0.366 e. The summed E-state index contributed by atoms with van der Waals surface area (Å²) in [6.07, 6.45) is 1.74. The van der Waals surface area contributed by atoms with Crippen LogP contribution in [0.3, 0.4) is 0 Å². The van der Waals surface area contributed by atoms with Crippen LogP contribution in [0.5, 0.6) is 0 Å². The number of hydrogen-bond acceptors (Lipinski definition) is 1. The summed E-state index contributed by atoms with van der Waals surface area (Å²) in [4.78, 5) is 11.6. The van der Waals surface area contributed by atoms with E-state index in [0.29, 0.717) is 5.56 Å². The fourth-order valence-electron chi connectivity index (χ4n) is 2.43. The summed E-state index contributed by atoms with van der Waals surface area (Å²) in [5, 5.41) is 0. The van der Waals surface area contributed by atoms with E-state index in [0.717, 1.165) is 18.4 Å². The molecule has 2 N–H and O–H groups in total. The van der Waals surface area contributed by atoms with Gasteiger partial charge in [0.25, 0.3) is 0 Å². The molecule has 2 aromatic rings. The number of rotatable bonds is 4. The van der Waals surface area contributed by atoms with Crippen LogP contribution in [-0.2, 0) is 18.3 Å². The lowest BCUT2D eigenvalue weighted by Gasteiger charge is -2.21. The van der Waals surface area contributed by atoms with Crippen molar-refractivity contribution in [1.29, 1.82) is 0 Å². The molecular formula is C19H23NO. The van der Waals surface area contributed by atoms with E-state index in [4.69, 9.17) is 5.73 Å². The topological polar surface area (TPSA) is 43.1 Å². The highest BCUT2D eigenvalue weighted by molar-refractivity contribution is 5.94. The van der Waals surface area contributed by atoms with Crippen LogP contribution in [-0.4, -0.2) is 5.91 Å². The van der Waals surface area contributed by atoms with Crippen LogP contribution in [0.1, 0.15) is 47.8 Å². The van der Waals surface area contributed by atoms with Crippen molar-refractivity contribution < 1.29 is 4.79 Å². The lowest BCUT2D eigenvalue weighted by molar-refractivity contribution is 0.0999. The van der Waals surface area contributed by atoms with E-state index < -0.39 is 0 Å². The van der Waals surface area contributed by atoms with Crippen molar-refractivity contribution in [2.24, 2.45) is 5.73 Å². The first-order valence-corrected chi connectivity index (χ1v) is 7.35. The number of hydrogen-bond donors (Lipinski definition) is 1. The zero-order valence-corrected chi connectivity index (χ0v) is 13.0. The van der Waals surface area contributed by atoms with Gasteiger partial charge in [-0.3, -0.25) is 4.79 Å². The molecule has 0 unspecified atom stereocenters. The SMILES string of the molecule is CC(C)(C)c1ccc(C(N)=O)c(CCc2ccccc2)c1. The van der Waals surface area contributed by atoms with Crippen molar-refractivity contribution in [3.63, 3.8) is 0 Å². The minimum atomic E-state index is -0.349. The van der Waals surface area contributed by atoms with Crippen molar-refractivity contribution in [3.8, 4) is 0 Å². The van der Waals surface area contributed by atoms with E-state index in [1.807, 2.05) is 30.3 Å². The van der Waals surface area contributed by atoms with E-state index in [1.54, 1.807) is 0 Å². The molecule has 0 saturated heterocycles. The Labute approximate surface area is 127 Å². The number of carbonyl (C=O) groups excluding carboxylic acids is 1. The molecule has 0 aromatic heterocycles. The molecule has 0 aliphatic heterocycles. The molecule has 0 heterocycles. The fourth-order valence-corrected chi connectivity index (χ4v) is 2.43. The fraction of sp³-hybridized carbons (Fsp3) is 0.316. The summed E-state index contributed by atoms with van der Waals surface area (Å²) >= 11 is 0. The summed E-state index contributed by atoms with van der Waals surface area (Å²) < 4.78 is 0. The molecule has 2 rings (SSSR count). The predicted molar refractivity (Wildman–Crippen MR) is 87.5 cm³/mol. The smallest absolute Gasteiger partial charge is 0.248 e. The Balaban J connectivity index is 2.29. The van der Waals surface area contributed by atoms with Crippen molar-refractivity contribution in [3.05, 3.63) is 70.8 Å². The molecule has 2 aromatic carbocycles. The number of primary amides is 1. The first-order chi connectivity index (χ1) is 9.88. The number of carbonyl (C=O) groups is 1. The van der Waals surface area contributed by atoms with Gasteiger partial charge < -0.3 is 5.73 Å². The highest BCUT2D eigenvalue weighted by atomic mass is 16.1. The predicted octanol–water partition coefficient (Wildman–Crippen LogP) is 3.87. The highest BCUT2D eigenvalue weighted by Gasteiger charge is 2.17. The Morgan fingerprint density at radius 1 is 1.00 bits per heavy atom. The largest absolute Gasteiger partial charge is 0.366 e. The maximum absolute atomic E-state index is 11.6. The van der Waals surface area contributed by atoms with Crippen LogP contribution in [0, 0.1) is 0 Å². The van der Waals surface area contributed by atoms with Gasteiger partial charge in [0.15, 0.2) is 0 Å². The highest BCUT2D eigenvalue weighted by Crippen LogP contribution is 2.25. The van der Waals surface area contributed by atoms with Crippen LogP contribution in [0.15, 0.2) is 48.5 Å². The van der Waals surface area contributed by atoms with Gasteiger partial charge in [-0.05, 0) is 41.0 Å². The zero-order chi connectivity index (χ0) is 15.5. The van der Waals surface area contributed by atoms with Crippen LogP contribution in [0.25, 0.3) is 0 Å². The molecule has 0 aliphatic rings. The van der Waals surface area contributed by atoms with Crippen LogP contribution < -0.4 is 5.73 Å². The van der Waals surface area contributed by atoms with Gasteiger partial charge in [-0.1, -0.05) is 63.2 Å². The normalized spacial score (nSPS) is 11.4. The first-order valence-electron chi connectivity index (χ1n) is 7.35. The summed E-state index contributed by atoms with van der Waals surface area (Å²) in [6.45, 7) is 6.52. The second-order valence-corrected chi connectivity index (χ2v) is 6.47. The summed E-state index contributed by atoms with van der Waals surface area (Å²) in [6, 6.07) is 16.3. The van der Waals surface area contributed by atoms with Crippen LogP contribution >= 0.6 is 0 Å². The minimum absolute atomic E-state index is 0.0671. The second kappa shape index (κ2) is 6.13. The summed E-state index contributed by atoms with van der Waals surface area (Å²) in [5.74, 6) is -0.349. The molecule has 0 saturated carbocycles. The van der Waals surface area contributed by atoms with Crippen LogP contribution in [0.4, 0.5) is 0 Å². The number of aryl methyl sites for hydroxylation is 2. The number of benzene rings is 2. The average Bonchev–Trinajstić information content (AvgIpc) is 2.45. The monoisotopic (exact) mass is 281 g/mol. The average molecular weight is 281 g/mol. The van der Waals surface area contributed by atoms with Gasteiger partial charge in [0.2, 0.25) is 5.91 Å². The zero-order valence-electron chi connectivity index (χ0n) is 13.0. The van der Waals surface area contributed by atoms with E-state index in [9.17, 15) is 4.79 Å². The third kappa shape index (κ3) is 3.94. The summed E-state index contributed by atoms with van der Waals surface area (Å²) in [5.41, 5.74) is 9.75. The van der Waals surface area contributed by atoms with Gasteiger partial charge in [-0.25, -0.2) is 0 Å². The molecule has 21 heavy (non-hydrogen) atoms. The van der Waals surface area contributed by atoms with Crippen LogP contribution in [0.2, 0.25) is 0 Å². The van der Waals surface area contributed by atoms with Gasteiger partial charge in [0.05, 0.1) is 0 Å². The molecule has 0 bridgehead atoms. The van der Waals surface area contributed by atoms with E-state index in [-0.39, 0.29) is 11.3 Å². The standard InChI is InChI=1S/C19H23NO/c1-19(2,3)16-11-12-17(18(20)21)15(13-16)10-9-14-7-5-4-6-8-14/h4-8,11-13H,9-10H2,1-3H3,(H2,20,21). The van der Waals surface area contributed by atoms with Crippen molar-refractivity contribution in [2.45, 2.75) is 39.0 Å². The Morgan fingerprint density at radius 2 is 1.67 bits per heavy atom. The molecule has 0 spiro atoms. The molecule has 0 atom stereocenters. The number of nitrogens with two attached hydrogens (primary N) is 1. The van der Waals surface area contributed by atoms with Crippen molar-refractivity contribution in [1.82, 2.24) is 0 Å². The third-order valence-electron chi connectivity index (χ3n) is 3.76. The van der Waals surface area contributed by atoms with Gasteiger partial charge in [0.1, 0.15) is 0 Å². The van der Waals surface area contributed by atoms with Crippen molar-refractivity contribution >= 4 is 5.91 Å². The molecule has 0 radical (unpaired) electrons. The van der Waals surface area contributed by atoms with Gasteiger partial charge in [-0.2, -0.15) is 0 Å². The maximum Gasteiger partial charge on any atom is 0.248 e. The molecule has 110 valence electrons. The Hall–Kier alpha value is -2.09. The Morgan fingerprint density at radius 3 is 2.24 bits per heavy atom. The quantitative estimate of drug-likeness (QED) is 0.908. The molecule has 0 aliphatic carbocycles. The second-order valence-electron chi connectivity index (χ2n) is 6.47. The number of amides is 1. The van der Waals surface area contributed by atoms with Crippen molar-refractivity contribution in [2.75, 3.05) is 0 Å². The lowest BCUT2D eigenvalue weighted by atomic mass is 9.84. The van der Waals surface area contributed by atoms with E-state index >= 15 is 0 Å². The molecule has 2 nitrogen and oxygen atoms in total. The van der Waals surface area contributed by atoms with E-state index in [2.05, 4.69) is 39.0 Å². The molecule has 1 amide bonds. The lowest BCUT2D eigenvalue weighted by Crippen LogP contribution is -2.17. The van der Waals surface area contributed by atoms with Gasteiger partial charge >= 0.3 is 0 Å². The summed E-state index contributed by atoms with van der Waals surface area (Å²) in [7, 11) is 0. The molecule has 2 heteroatoms. The first kappa shape index (κ1) is 15.3. The third-order valence-corrected chi connectivity index (χ3v) is 3.76. The Bertz CT molecular complexity index is 624. The van der Waals surface area contributed by atoms with Gasteiger partial charge in [0, 0.05) is 5.56 Å². The molecule has 0 fully saturated rings. The Kier molecular flexibility index (Phi) is 4.46. The maximum atomic E-state index is 11.6. The van der Waals surface area contributed by atoms with Gasteiger partial charge in [-0.15, -0.1) is 0 Å². The molecular weight excluding hydrogens is 258 g/mol.